The van der Waals surface area contributed by atoms with Crippen LogP contribution in [0.1, 0.15) is 0 Å². The van der Waals surface area contributed by atoms with Gasteiger partial charge >= 0.3 is 0 Å². The van der Waals surface area contributed by atoms with Gasteiger partial charge in [-0.2, -0.15) is 5.10 Å². The lowest BCUT2D eigenvalue weighted by Gasteiger charge is -2.07. The maximum atomic E-state index is 11.4. The standard InChI is InChI=1S/C6H11N3O2S/c1-8(2)12(10,11)6-4-5-9(3)7-6/h4-5H,1-3H3. The van der Waals surface area contributed by atoms with Gasteiger partial charge in [-0.15, -0.1) is 0 Å². The van der Waals surface area contributed by atoms with E-state index < -0.39 is 10.0 Å². The zero-order valence-corrected chi connectivity index (χ0v) is 8.04. The van der Waals surface area contributed by atoms with E-state index in [-0.39, 0.29) is 5.03 Å². The van der Waals surface area contributed by atoms with Crippen molar-refractivity contribution in [2.45, 2.75) is 5.03 Å². The van der Waals surface area contributed by atoms with Crippen LogP contribution in [0.5, 0.6) is 0 Å². The summed E-state index contributed by atoms with van der Waals surface area (Å²) in [5, 5.41) is 3.87. The highest BCUT2D eigenvalue weighted by molar-refractivity contribution is 7.89. The summed E-state index contributed by atoms with van der Waals surface area (Å²) in [7, 11) is 1.27. The molecule has 0 bridgehead atoms. The van der Waals surface area contributed by atoms with Crippen LogP contribution in [0.15, 0.2) is 17.3 Å². The Morgan fingerprint density at radius 1 is 1.50 bits per heavy atom. The predicted octanol–water partition coefficient (Wildman–Crippen LogP) is -0.330. The summed E-state index contributed by atoms with van der Waals surface area (Å²) in [6, 6.07) is 1.47. The van der Waals surface area contributed by atoms with Crippen LogP contribution in [0.4, 0.5) is 0 Å². The second kappa shape index (κ2) is 2.87. The molecule has 5 nitrogen and oxygen atoms in total. The molecular weight excluding hydrogens is 178 g/mol. The first-order valence-electron chi connectivity index (χ1n) is 3.37. The van der Waals surface area contributed by atoms with E-state index in [1.807, 2.05) is 0 Å². The van der Waals surface area contributed by atoms with Crippen LogP contribution < -0.4 is 0 Å². The van der Waals surface area contributed by atoms with Crippen LogP contribution in [-0.4, -0.2) is 36.6 Å². The van der Waals surface area contributed by atoms with E-state index in [1.165, 1.54) is 24.8 Å². The molecule has 0 aliphatic rings. The van der Waals surface area contributed by atoms with Gasteiger partial charge in [-0.05, 0) is 6.07 Å². The van der Waals surface area contributed by atoms with Gasteiger partial charge in [0.05, 0.1) is 0 Å². The molecule has 6 heteroatoms. The van der Waals surface area contributed by atoms with Crippen molar-refractivity contribution in [2.75, 3.05) is 14.1 Å². The van der Waals surface area contributed by atoms with E-state index in [0.29, 0.717) is 0 Å². The Morgan fingerprint density at radius 2 is 2.08 bits per heavy atom. The van der Waals surface area contributed by atoms with Crippen LogP contribution in [-0.2, 0) is 17.1 Å². The second-order valence-corrected chi connectivity index (χ2v) is 4.71. The first kappa shape index (κ1) is 9.21. The minimum Gasteiger partial charge on any atom is -0.274 e. The Balaban J connectivity index is 3.15. The maximum absolute atomic E-state index is 11.4. The summed E-state index contributed by atoms with van der Waals surface area (Å²) in [6.45, 7) is 0. The summed E-state index contributed by atoms with van der Waals surface area (Å²) in [5.41, 5.74) is 0. The van der Waals surface area contributed by atoms with Crippen molar-refractivity contribution < 1.29 is 8.42 Å². The largest absolute Gasteiger partial charge is 0.274 e. The van der Waals surface area contributed by atoms with Crippen molar-refractivity contribution in [3.63, 3.8) is 0 Å². The summed E-state index contributed by atoms with van der Waals surface area (Å²) >= 11 is 0. The van der Waals surface area contributed by atoms with Gasteiger partial charge in [0, 0.05) is 27.3 Å². The minimum absolute atomic E-state index is 0.0787. The summed E-state index contributed by atoms with van der Waals surface area (Å²) < 4.78 is 25.4. The van der Waals surface area contributed by atoms with Crippen LogP contribution in [0.3, 0.4) is 0 Å². The van der Waals surface area contributed by atoms with E-state index in [0.717, 1.165) is 4.31 Å². The van der Waals surface area contributed by atoms with Crippen LogP contribution in [0.25, 0.3) is 0 Å². The van der Waals surface area contributed by atoms with E-state index in [9.17, 15) is 8.42 Å². The average Bonchev–Trinajstić information content (AvgIpc) is 2.35. The molecule has 0 aliphatic heterocycles. The third-order valence-corrected chi connectivity index (χ3v) is 3.14. The number of nitrogens with zero attached hydrogens (tertiary/aromatic N) is 3. The SMILES string of the molecule is CN(C)S(=O)(=O)c1ccn(C)n1. The quantitative estimate of drug-likeness (QED) is 0.640. The molecule has 0 saturated heterocycles. The number of aromatic nitrogens is 2. The van der Waals surface area contributed by atoms with Gasteiger partial charge in [0.1, 0.15) is 0 Å². The molecular formula is C6H11N3O2S. The van der Waals surface area contributed by atoms with Crippen molar-refractivity contribution >= 4 is 10.0 Å². The summed E-state index contributed by atoms with van der Waals surface area (Å²) in [4.78, 5) is 0. The van der Waals surface area contributed by atoms with Crippen LogP contribution >= 0.6 is 0 Å². The van der Waals surface area contributed by atoms with Crippen molar-refractivity contribution in [3.05, 3.63) is 12.3 Å². The first-order valence-corrected chi connectivity index (χ1v) is 4.81. The Labute approximate surface area is 71.7 Å². The molecule has 1 heterocycles. The lowest BCUT2D eigenvalue weighted by molar-refractivity contribution is 0.514. The zero-order chi connectivity index (χ0) is 9.35. The third-order valence-electron chi connectivity index (χ3n) is 1.43. The molecule has 0 N–H and O–H groups in total. The van der Waals surface area contributed by atoms with E-state index in [2.05, 4.69) is 5.10 Å². The Morgan fingerprint density at radius 3 is 2.42 bits per heavy atom. The molecule has 0 aromatic carbocycles. The van der Waals surface area contributed by atoms with E-state index in [4.69, 9.17) is 0 Å². The van der Waals surface area contributed by atoms with Crippen molar-refractivity contribution in [1.29, 1.82) is 0 Å². The molecule has 0 amide bonds. The number of hydrogen-bond donors (Lipinski definition) is 0. The average molecular weight is 189 g/mol. The highest BCUT2D eigenvalue weighted by Gasteiger charge is 2.19. The third kappa shape index (κ3) is 1.49. The molecule has 0 unspecified atom stereocenters. The van der Waals surface area contributed by atoms with Gasteiger partial charge in [0.25, 0.3) is 10.0 Å². The molecule has 0 aliphatic carbocycles. The molecule has 0 saturated carbocycles. The molecule has 0 radical (unpaired) electrons. The topological polar surface area (TPSA) is 55.2 Å². The van der Waals surface area contributed by atoms with Crippen molar-refractivity contribution in [3.8, 4) is 0 Å². The molecule has 1 rings (SSSR count). The molecule has 0 atom stereocenters. The summed E-state index contributed by atoms with van der Waals surface area (Å²) in [5.74, 6) is 0. The predicted molar refractivity (Wildman–Crippen MR) is 44.1 cm³/mol. The van der Waals surface area contributed by atoms with Gasteiger partial charge < -0.3 is 0 Å². The Kier molecular flexibility index (Phi) is 2.20. The smallest absolute Gasteiger partial charge is 0.261 e. The summed E-state index contributed by atoms with van der Waals surface area (Å²) in [6.07, 6.45) is 1.59. The minimum atomic E-state index is -3.35. The fourth-order valence-corrected chi connectivity index (χ4v) is 1.56. The zero-order valence-electron chi connectivity index (χ0n) is 7.22. The van der Waals surface area contributed by atoms with Gasteiger partial charge in [-0.3, -0.25) is 4.68 Å². The lowest BCUT2D eigenvalue weighted by atomic mass is 10.7. The number of rotatable bonds is 2. The second-order valence-electron chi connectivity index (χ2n) is 2.62. The Hall–Kier alpha value is -0.880. The fraction of sp³-hybridized carbons (Fsp3) is 0.500. The first-order chi connectivity index (χ1) is 5.44. The lowest BCUT2D eigenvalue weighted by Crippen LogP contribution is -2.22. The highest BCUT2D eigenvalue weighted by Crippen LogP contribution is 2.08. The molecule has 0 spiro atoms. The molecule has 1 aromatic heterocycles. The van der Waals surface area contributed by atoms with Gasteiger partial charge in [0.2, 0.25) is 0 Å². The highest BCUT2D eigenvalue weighted by atomic mass is 32.2. The van der Waals surface area contributed by atoms with Crippen LogP contribution in [0, 0.1) is 0 Å². The van der Waals surface area contributed by atoms with E-state index >= 15 is 0 Å². The monoisotopic (exact) mass is 189 g/mol. The normalized spacial score (nSPS) is 12.3. The van der Waals surface area contributed by atoms with Crippen molar-refractivity contribution in [2.24, 2.45) is 7.05 Å². The number of aryl methyl sites for hydroxylation is 1. The van der Waals surface area contributed by atoms with Gasteiger partial charge in [-0.25, -0.2) is 12.7 Å². The van der Waals surface area contributed by atoms with E-state index in [1.54, 1.807) is 13.2 Å². The molecule has 0 fully saturated rings. The maximum Gasteiger partial charge on any atom is 0.261 e. The molecule has 12 heavy (non-hydrogen) atoms. The number of sulfonamides is 1. The van der Waals surface area contributed by atoms with Gasteiger partial charge in [-0.1, -0.05) is 0 Å². The molecule has 68 valence electrons. The fourth-order valence-electron chi connectivity index (χ4n) is 0.718. The van der Waals surface area contributed by atoms with Crippen LogP contribution in [0.2, 0.25) is 0 Å². The van der Waals surface area contributed by atoms with Gasteiger partial charge in [0.15, 0.2) is 5.03 Å². The molecule has 1 aromatic rings. The number of hydrogen-bond acceptors (Lipinski definition) is 3. The van der Waals surface area contributed by atoms with Crippen molar-refractivity contribution in [1.82, 2.24) is 14.1 Å². The Bertz CT molecular complexity index is 366.